The first kappa shape index (κ1) is 23.0. The molecule has 1 spiro atoms. The van der Waals surface area contributed by atoms with Gasteiger partial charge in [-0.2, -0.15) is 0 Å². The number of halogens is 1. The molecule has 0 unspecified atom stereocenters. The van der Waals surface area contributed by atoms with E-state index in [2.05, 4.69) is 10.2 Å². The van der Waals surface area contributed by atoms with E-state index in [0.717, 1.165) is 10.6 Å². The molecule has 9 heteroatoms. The van der Waals surface area contributed by atoms with Gasteiger partial charge in [-0.25, -0.2) is 14.1 Å². The highest BCUT2D eigenvalue weighted by molar-refractivity contribution is 6.30. The molecule has 3 heterocycles. The molecule has 2 fully saturated rings. The summed E-state index contributed by atoms with van der Waals surface area (Å²) >= 11 is 0. The van der Waals surface area contributed by atoms with Gasteiger partial charge in [0.25, 0.3) is 5.91 Å². The second-order valence-electron chi connectivity index (χ2n) is 9.48. The number of benzene rings is 3. The average molecular weight is 501 g/mol. The van der Waals surface area contributed by atoms with Crippen LogP contribution >= 0.6 is 0 Å². The lowest BCUT2D eigenvalue weighted by Gasteiger charge is -2.55. The molecule has 3 aromatic rings. The van der Waals surface area contributed by atoms with Gasteiger partial charge in [0.05, 0.1) is 24.5 Å². The number of piperazine rings is 1. The van der Waals surface area contributed by atoms with Crippen LogP contribution in [-0.2, 0) is 16.0 Å². The van der Waals surface area contributed by atoms with Crippen LogP contribution in [-0.4, -0.2) is 50.6 Å². The van der Waals surface area contributed by atoms with Crippen LogP contribution in [0.5, 0.6) is 5.75 Å². The fraction of sp³-hybridized carbons (Fsp3) is 0.250. The number of para-hydroxylation sites is 2. The Kier molecular flexibility index (Phi) is 5.36. The minimum absolute atomic E-state index is 0.0194. The molecular weight excluding hydrogens is 475 g/mol. The second kappa shape index (κ2) is 8.62. The Balaban J connectivity index is 1.49. The number of amides is 4. The van der Waals surface area contributed by atoms with Gasteiger partial charge in [-0.15, -0.1) is 0 Å². The Morgan fingerprint density at radius 1 is 0.919 bits per heavy atom. The quantitative estimate of drug-likeness (QED) is 0.556. The van der Waals surface area contributed by atoms with Gasteiger partial charge < -0.3 is 14.5 Å². The molecule has 4 amide bonds. The monoisotopic (exact) mass is 500 g/mol. The lowest BCUT2D eigenvalue weighted by molar-refractivity contribution is -0.144. The summed E-state index contributed by atoms with van der Waals surface area (Å²) in [5, 5.41) is 2.44. The number of nitrogens with one attached hydrogen (secondary N) is 1. The molecule has 0 aliphatic carbocycles. The van der Waals surface area contributed by atoms with E-state index >= 15 is 4.39 Å². The normalized spacial score (nSPS) is 23.0. The van der Waals surface area contributed by atoms with Crippen molar-refractivity contribution in [3.8, 4) is 5.75 Å². The van der Waals surface area contributed by atoms with Crippen LogP contribution in [0.4, 0.5) is 26.2 Å². The van der Waals surface area contributed by atoms with Crippen LogP contribution in [0.2, 0.25) is 0 Å². The van der Waals surface area contributed by atoms with E-state index in [4.69, 9.17) is 4.74 Å². The van der Waals surface area contributed by atoms with Crippen LogP contribution in [0, 0.1) is 11.2 Å². The molecular formula is C28H25FN4O4. The predicted octanol–water partition coefficient (Wildman–Crippen LogP) is 3.36. The Bertz CT molecular complexity index is 1400. The van der Waals surface area contributed by atoms with E-state index in [1.165, 1.54) is 13.2 Å². The molecule has 188 valence electrons. The molecule has 0 saturated carbocycles. The van der Waals surface area contributed by atoms with E-state index in [1.54, 1.807) is 36.4 Å². The summed E-state index contributed by atoms with van der Waals surface area (Å²) in [7, 11) is 1.52. The standard InChI is InChI=1S/C28H25FN4O4/c1-37-21-12-10-20(11-13-21)33-26(35)28(25(34)30-27(33)36)16-18-6-5-9-22(29)24(18)32-15-14-31(17-23(28)32)19-7-3-2-4-8-19/h2-13,23H,14-17H2,1H3,(H,30,34,36)/t23-,28-/m1/s1. The molecule has 0 aromatic heterocycles. The van der Waals surface area contributed by atoms with Crippen molar-refractivity contribution in [1.82, 2.24) is 5.32 Å². The third kappa shape index (κ3) is 3.45. The van der Waals surface area contributed by atoms with E-state index in [-0.39, 0.29) is 6.42 Å². The number of urea groups is 1. The fourth-order valence-corrected chi connectivity index (χ4v) is 5.86. The highest BCUT2D eigenvalue weighted by atomic mass is 19.1. The molecule has 3 aromatic carbocycles. The first-order valence-corrected chi connectivity index (χ1v) is 12.1. The van der Waals surface area contributed by atoms with Gasteiger partial charge >= 0.3 is 6.03 Å². The Labute approximate surface area is 213 Å². The topological polar surface area (TPSA) is 82.2 Å². The Morgan fingerprint density at radius 3 is 2.41 bits per heavy atom. The van der Waals surface area contributed by atoms with Crippen LogP contribution in [0.3, 0.4) is 0 Å². The lowest BCUT2D eigenvalue weighted by atomic mass is 9.67. The lowest BCUT2D eigenvalue weighted by Crippen LogP contribution is -2.75. The summed E-state index contributed by atoms with van der Waals surface area (Å²) in [4.78, 5) is 46.0. The zero-order valence-electron chi connectivity index (χ0n) is 20.2. The van der Waals surface area contributed by atoms with E-state index in [9.17, 15) is 14.4 Å². The molecule has 37 heavy (non-hydrogen) atoms. The highest BCUT2D eigenvalue weighted by Crippen LogP contribution is 2.47. The number of barbiturate groups is 1. The van der Waals surface area contributed by atoms with Crippen molar-refractivity contribution >= 4 is 34.9 Å². The van der Waals surface area contributed by atoms with Gasteiger partial charge in [0.1, 0.15) is 11.6 Å². The van der Waals surface area contributed by atoms with Crippen LogP contribution in [0.1, 0.15) is 5.56 Å². The minimum atomic E-state index is -1.64. The zero-order chi connectivity index (χ0) is 25.7. The van der Waals surface area contributed by atoms with Crippen molar-refractivity contribution < 1.29 is 23.5 Å². The Hall–Kier alpha value is -4.40. The van der Waals surface area contributed by atoms with Crippen molar-refractivity contribution in [2.75, 3.05) is 41.4 Å². The molecule has 3 aliphatic heterocycles. The summed E-state index contributed by atoms with van der Waals surface area (Å²) in [6, 6.07) is 19.4. The predicted molar refractivity (Wildman–Crippen MR) is 136 cm³/mol. The average Bonchev–Trinajstić information content (AvgIpc) is 2.92. The number of methoxy groups -OCH3 is 1. The smallest absolute Gasteiger partial charge is 0.335 e. The zero-order valence-corrected chi connectivity index (χ0v) is 20.2. The van der Waals surface area contributed by atoms with Crippen molar-refractivity contribution in [1.29, 1.82) is 0 Å². The fourth-order valence-electron chi connectivity index (χ4n) is 5.86. The number of carbonyl (C=O) groups is 3. The van der Waals surface area contributed by atoms with Gasteiger partial charge in [-0.1, -0.05) is 30.3 Å². The number of anilines is 3. The van der Waals surface area contributed by atoms with E-state index < -0.39 is 35.1 Å². The number of hydrogen-bond acceptors (Lipinski definition) is 6. The van der Waals surface area contributed by atoms with Crippen LogP contribution in [0.25, 0.3) is 0 Å². The summed E-state index contributed by atoms with van der Waals surface area (Å²) in [5.41, 5.74) is 0.615. The van der Waals surface area contributed by atoms with Gasteiger partial charge in [-0.3, -0.25) is 14.9 Å². The summed E-state index contributed by atoms with van der Waals surface area (Å²) < 4.78 is 20.4. The molecule has 2 atom stereocenters. The maximum absolute atomic E-state index is 15.2. The number of fused-ring (bicyclic) bond motifs is 4. The van der Waals surface area contributed by atoms with Crippen molar-refractivity contribution in [3.63, 3.8) is 0 Å². The first-order chi connectivity index (χ1) is 17.9. The largest absolute Gasteiger partial charge is 0.497 e. The van der Waals surface area contributed by atoms with Crippen molar-refractivity contribution in [3.05, 3.63) is 84.2 Å². The molecule has 8 nitrogen and oxygen atoms in total. The molecule has 3 aliphatic rings. The van der Waals surface area contributed by atoms with Crippen LogP contribution < -0.4 is 24.8 Å². The number of carbonyl (C=O) groups excluding carboxylic acids is 3. The summed E-state index contributed by atoms with van der Waals surface area (Å²) in [6.07, 6.45) is -0.0194. The number of nitrogens with zero attached hydrogens (tertiary/aromatic N) is 3. The van der Waals surface area contributed by atoms with Gasteiger partial charge in [0.2, 0.25) is 5.91 Å². The van der Waals surface area contributed by atoms with E-state index in [0.29, 0.717) is 42.3 Å². The molecule has 6 rings (SSSR count). The molecule has 1 N–H and O–H groups in total. The second-order valence-corrected chi connectivity index (χ2v) is 9.48. The molecule has 2 saturated heterocycles. The molecule has 0 bridgehead atoms. The van der Waals surface area contributed by atoms with Gasteiger partial charge in [0.15, 0.2) is 5.41 Å². The number of imide groups is 2. The Morgan fingerprint density at radius 2 is 1.68 bits per heavy atom. The number of hydrogen-bond donors (Lipinski definition) is 1. The maximum Gasteiger partial charge on any atom is 0.335 e. The van der Waals surface area contributed by atoms with Gasteiger partial charge in [-0.05, 0) is 48.0 Å². The van der Waals surface area contributed by atoms with Gasteiger partial charge in [0, 0.05) is 31.7 Å². The summed E-state index contributed by atoms with van der Waals surface area (Å²) in [6.45, 7) is 1.30. The van der Waals surface area contributed by atoms with Crippen molar-refractivity contribution in [2.24, 2.45) is 5.41 Å². The van der Waals surface area contributed by atoms with E-state index in [1.807, 2.05) is 35.2 Å². The highest BCUT2D eigenvalue weighted by Gasteiger charge is 2.63. The van der Waals surface area contributed by atoms with Crippen molar-refractivity contribution in [2.45, 2.75) is 12.5 Å². The number of ether oxygens (including phenoxy) is 1. The first-order valence-electron chi connectivity index (χ1n) is 12.1. The molecule has 0 radical (unpaired) electrons. The SMILES string of the molecule is COc1ccc(N2C(=O)NC(=O)[C@]3(Cc4cccc(F)c4N4CCN(c5ccccc5)C[C@@H]43)C2=O)cc1. The maximum atomic E-state index is 15.2. The third-order valence-electron chi connectivity index (χ3n) is 7.64. The minimum Gasteiger partial charge on any atom is -0.497 e. The summed E-state index contributed by atoms with van der Waals surface area (Å²) in [5.74, 6) is -1.10. The number of rotatable bonds is 3. The third-order valence-corrected chi connectivity index (χ3v) is 7.64. The van der Waals surface area contributed by atoms with Crippen LogP contribution in [0.15, 0.2) is 72.8 Å².